The van der Waals surface area contributed by atoms with Gasteiger partial charge in [-0.15, -0.1) is 0 Å². The Labute approximate surface area is 219 Å². The summed E-state index contributed by atoms with van der Waals surface area (Å²) in [5, 5.41) is 39.2. The van der Waals surface area contributed by atoms with E-state index >= 15 is 0 Å². The van der Waals surface area contributed by atoms with Gasteiger partial charge in [-0.2, -0.15) is 5.10 Å². The van der Waals surface area contributed by atoms with Crippen LogP contribution in [0, 0.1) is 5.82 Å². The number of ether oxygens (including phenoxy) is 1. The number of anilines is 1. The van der Waals surface area contributed by atoms with Crippen molar-refractivity contribution in [2.24, 2.45) is 0 Å². The zero-order valence-corrected chi connectivity index (χ0v) is 22.0. The first-order valence-electron chi connectivity index (χ1n) is 10.9. The van der Waals surface area contributed by atoms with Gasteiger partial charge in [0, 0.05) is 6.04 Å². The molecule has 7 N–H and O–H groups in total. The number of aliphatic hydroxyl groups is 3. The zero-order chi connectivity index (χ0) is 28.0. The molecule has 1 aromatic carbocycles. The SMILES string of the molecule is C[C@H](Nc1cc(Cl)nc2c1cnn2[C@@H]1O[C@H](COP(=O)(O)CP(=O)(O)O)C(O)(O)[C@H]1O)c1ccc(F)cc1. The average Bonchev–Trinajstić information content (AvgIpc) is 3.30. The molecule has 0 radical (unpaired) electrons. The minimum Gasteiger partial charge on any atom is -0.383 e. The Balaban J connectivity index is 1.58. The van der Waals surface area contributed by atoms with E-state index in [1.807, 2.05) is 6.92 Å². The van der Waals surface area contributed by atoms with Gasteiger partial charge in [0.25, 0.3) is 0 Å². The van der Waals surface area contributed by atoms with E-state index in [0.29, 0.717) is 11.1 Å². The highest BCUT2D eigenvalue weighted by Crippen LogP contribution is 2.55. The first-order valence-corrected chi connectivity index (χ1v) is 14.9. The Morgan fingerprint density at radius 2 is 1.92 bits per heavy atom. The van der Waals surface area contributed by atoms with Crippen LogP contribution in [0.2, 0.25) is 5.15 Å². The largest absolute Gasteiger partial charge is 0.383 e. The molecule has 0 spiro atoms. The van der Waals surface area contributed by atoms with Crippen molar-refractivity contribution in [1.82, 2.24) is 14.8 Å². The van der Waals surface area contributed by atoms with Crippen LogP contribution in [0.5, 0.6) is 0 Å². The van der Waals surface area contributed by atoms with Gasteiger partial charge in [-0.1, -0.05) is 23.7 Å². The summed E-state index contributed by atoms with van der Waals surface area (Å²) in [5.74, 6) is -4.90. The van der Waals surface area contributed by atoms with Crippen LogP contribution in [0.1, 0.15) is 24.8 Å². The van der Waals surface area contributed by atoms with Crippen LogP contribution >= 0.6 is 26.8 Å². The smallest absolute Gasteiger partial charge is 0.340 e. The van der Waals surface area contributed by atoms with Gasteiger partial charge < -0.3 is 44.6 Å². The van der Waals surface area contributed by atoms with Crippen molar-refractivity contribution in [3.8, 4) is 0 Å². The number of hydrogen-bond donors (Lipinski definition) is 7. The molecule has 4 rings (SSSR count). The molecule has 14 nitrogen and oxygen atoms in total. The minimum atomic E-state index is -4.92. The van der Waals surface area contributed by atoms with E-state index in [-0.39, 0.29) is 22.7 Å². The fourth-order valence-electron chi connectivity index (χ4n) is 3.92. The van der Waals surface area contributed by atoms with Crippen LogP contribution in [0.3, 0.4) is 0 Å². The van der Waals surface area contributed by atoms with Crippen LogP contribution < -0.4 is 5.32 Å². The number of nitrogens with one attached hydrogen (secondary N) is 1. The molecule has 1 fully saturated rings. The van der Waals surface area contributed by atoms with Crippen molar-refractivity contribution in [2.45, 2.75) is 37.2 Å². The van der Waals surface area contributed by atoms with Crippen LogP contribution in [0.4, 0.5) is 10.1 Å². The monoisotopic (exact) mass is 596 g/mol. The summed E-state index contributed by atoms with van der Waals surface area (Å²) in [5.41, 5.74) is 1.30. The second-order valence-corrected chi connectivity index (χ2v) is 13.1. The van der Waals surface area contributed by atoms with Gasteiger partial charge >= 0.3 is 15.2 Å². The van der Waals surface area contributed by atoms with E-state index in [1.54, 1.807) is 12.1 Å². The second kappa shape index (κ2) is 10.5. The fraction of sp³-hybridized carbons (Fsp3) is 0.400. The first kappa shape index (κ1) is 29.0. The van der Waals surface area contributed by atoms with E-state index in [0.717, 1.165) is 10.2 Å². The molecule has 0 saturated carbocycles. The zero-order valence-electron chi connectivity index (χ0n) is 19.5. The molecule has 38 heavy (non-hydrogen) atoms. The summed E-state index contributed by atoms with van der Waals surface area (Å²) < 4.78 is 47.4. The van der Waals surface area contributed by atoms with E-state index < -0.39 is 51.9 Å². The molecule has 0 bridgehead atoms. The molecule has 1 saturated heterocycles. The summed E-state index contributed by atoms with van der Waals surface area (Å²) in [7, 11) is -9.77. The average molecular weight is 597 g/mol. The standard InChI is InChI=1S/C20H24ClFN4O10P2/c1-10(11-2-4-12(22)5-3-11)24-14-6-16(21)25-18-13(14)7-23-26(18)19-17(27)20(28,29)15(36-19)8-35-38(33,34)9-37(30,31)32/h2-7,10,15,17,19,27-29H,8-9H2,1H3,(H,24,25)(H,33,34)(H2,30,31,32)/t10-,15+,17-,19+/m0/s1. The predicted octanol–water partition coefficient (Wildman–Crippen LogP) is 1.67. The van der Waals surface area contributed by atoms with Gasteiger partial charge in [0.15, 0.2) is 23.9 Å². The van der Waals surface area contributed by atoms with E-state index in [2.05, 4.69) is 19.9 Å². The molecule has 2 aromatic heterocycles. The topological polar surface area (TPSA) is 217 Å². The van der Waals surface area contributed by atoms with Crippen molar-refractivity contribution in [3.63, 3.8) is 0 Å². The Hall–Kier alpha value is -2.00. The number of aromatic nitrogens is 3. The predicted molar refractivity (Wildman–Crippen MR) is 131 cm³/mol. The highest BCUT2D eigenvalue weighted by atomic mass is 35.5. The Morgan fingerprint density at radius 3 is 2.55 bits per heavy atom. The molecule has 18 heteroatoms. The molecular formula is C20H24ClFN4O10P2. The van der Waals surface area contributed by atoms with E-state index in [1.165, 1.54) is 24.4 Å². The van der Waals surface area contributed by atoms with E-state index in [4.69, 9.17) is 26.1 Å². The number of halogens is 2. The summed E-state index contributed by atoms with van der Waals surface area (Å²) in [6, 6.07) is 7.05. The van der Waals surface area contributed by atoms with Crippen LogP contribution in [0.25, 0.3) is 11.0 Å². The summed E-state index contributed by atoms with van der Waals surface area (Å²) in [6.07, 6.45) is -4.11. The Bertz CT molecular complexity index is 1420. The molecule has 3 heterocycles. The molecular weight excluding hydrogens is 573 g/mol. The number of benzene rings is 1. The molecule has 5 atom stereocenters. The third-order valence-electron chi connectivity index (χ3n) is 5.79. The highest BCUT2D eigenvalue weighted by Gasteiger charge is 2.56. The summed E-state index contributed by atoms with van der Waals surface area (Å²) in [4.78, 5) is 31.7. The molecule has 0 amide bonds. The minimum absolute atomic E-state index is 0.0124. The molecule has 1 aliphatic heterocycles. The van der Waals surface area contributed by atoms with Gasteiger partial charge in [-0.05, 0) is 30.7 Å². The lowest BCUT2D eigenvalue weighted by atomic mass is 10.1. The number of aliphatic hydroxyl groups excluding tert-OH is 1. The number of hydrogen-bond acceptors (Lipinski definition) is 10. The maximum atomic E-state index is 13.3. The molecule has 1 aliphatic rings. The van der Waals surface area contributed by atoms with Crippen LogP contribution in [0.15, 0.2) is 36.5 Å². The summed E-state index contributed by atoms with van der Waals surface area (Å²) >= 11 is 6.20. The third-order valence-corrected chi connectivity index (χ3v) is 9.44. The maximum Gasteiger partial charge on any atom is 0.340 e. The van der Waals surface area contributed by atoms with Crippen molar-refractivity contribution >= 4 is 43.5 Å². The van der Waals surface area contributed by atoms with Gasteiger partial charge in [-0.25, -0.2) is 14.1 Å². The van der Waals surface area contributed by atoms with Crippen molar-refractivity contribution < 1.29 is 52.8 Å². The number of nitrogens with zero attached hydrogens (tertiary/aromatic N) is 3. The van der Waals surface area contributed by atoms with Crippen molar-refractivity contribution in [2.75, 3.05) is 17.8 Å². The van der Waals surface area contributed by atoms with Crippen LogP contribution in [-0.4, -0.2) is 75.3 Å². The van der Waals surface area contributed by atoms with Gasteiger partial charge in [0.05, 0.1) is 23.9 Å². The number of rotatable bonds is 9. The van der Waals surface area contributed by atoms with Crippen molar-refractivity contribution in [3.05, 3.63) is 53.1 Å². The van der Waals surface area contributed by atoms with Crippen molar-refractivity contribution in [1.29, 1.82) is 0 Å². The first-order chi connectivity index (χ1) is 17.6. The molecule has 208 valence electrons. The quantitative estimate of drug-likeness (QED) is 0.106. The Kier molecular flexibility index (Phi) is 8.03. The third kappa shape index (κ3) is 6.24. The lowest BCUT2D eigenvalue weighted by molar-refractivity contribution is -0.234. The Morgan fingerprint density at radius 1 is 1.26 bits per heavy atom. The normalized spacial score (nSPS) is 23.9. The molecule has 0 aliphatic carbocycles. The van der Waals surface area contributed by atoms with Crippen LogP contribution in [-0.2, 0) is 18.4 Å². The van der Waals surface area contributed by atoms with Gasteiger partial charge in [0.2, 0.25) is 5.79 Å². The highest BCUT2D eigenvalue weighted by molar-refractivity contribution is 7.70. The summed E-state index contributed by atoms with van der Waals surface area (Å²) in [6.45, 7) is 0.814. The molecule has 1 unspecified atom stereocenters. The fourth-order valence-corrected chi connectivity index (χ4v) is 6.66. The lowest BCUT2D eigenvalue weighted by Gasteiger charge is -2.25. The second-order valence-electron chi connectivity index (χ2n) is 8.72. The maximum absolute atomic E-state index is 13.3. The molecule has 3 aromatic rings. The van der Waals surface area contributed by atoms with E-state index in [9.17, 15) is 33.7 Å². The lowest BCUT2D eigenvalue weighted by Crippen LogP contribution is -2.49. The number of pyridine rings is 1. The van der Waals surface area contributed by atoms with Gasteiger partial charge in [0.1, 0.15) is 17.1 Å². The number of fused-ring (bicyclic) bond motifs is 1. The van der Waals surface area contributed by atoms with Gasteiger partial charge in [-0.3, -0.25) is 9.13 Å².